The van der Waals surface area contributed by atoms with Gasteiger partial charge in [-0.2, -0.15) is 0 Å². The van der Waals surface area contributed by atoms with Crippen LogP contribution in [0, 0.1) is 10.1 Å². The van der Waals surface area contributed by atoms with E-state index in [0.717, 1.165) is 18.5 Å². The smallest absolute Gasteiger partial charge is 0.269 e. The molecule has 1 saturated heterocycles. The fraction of sp³-hybridized carbons (Fsp3) is 0.300. The van der Waals surface area contributed by atoms with Crippen molar-refractivity contribution in [1.29, 1.82) is 0 Å². The number of hydrogen-bond acceptors (Lipinski definition) is 4. The van der Waals surface area contributed by atoms with Crippen LogP contribution in [0.4, 0.5) is 5.69 Å². The van der Waals surface area contributed by atoms with Crippen LogP contribution < -0.4 is 0 Å². The first-order valence-electron chi connectivity index (χ1n) is 8.90. The van der Waals surface area contributed by atoms with Crippen LogP contribution in [0.3, 0.4) is 0 Å². The maximum atomic E-state index is 12.8. The molecule has 0 aliphatic carbocycles. The number of benzene rings is 2. The predicted molar refractivity (Wildman–Crippen MR) is 105 cm³/mol. The van der Waals surface area contributed by atoms with Crippen LogP contribution >= 0.6 is 11.6 Å². The minimum Gasteiger partial charge on any atom is -0.338 e. The van der Waals surface area contributed by atoms with Gasteiger partial charge >= 0.3 is 0 Å². The summed E-state index contributed by atoms with van der Waals surface area (Å²) in [7, 11) is 1.62. The van der Waals surface area contributed by atoms with Crippen molar-refractivity contribution < 1.29 is 14.5 Å². The molecule has 1 heterocycles. The van der Waals surface area contributed by atoms with Crippen LogP contribution in [0.1, 0.15) is 34.3 Å². The summed E-state index contributed by atoms with van der Waals surface area (Å²) < 4.78 is 0. The number of nitrogens with zero attached hydrogens (tertiary/aromatic N) is 3. The zero-order valence-corrected chi connectivity index (χ0v) is 16.2. The Morgan fingerprint density at radius 1 is 1.29 bits per heavy atom. The fourth-order valence-electron chi connectivity index (χ4n) is 3.24. The molecule has 0 spiro atoms. The minimum absolute atomic E-state index is 0.0717. The largest absolute Gasteiger partial charge is 0.338 e. The van der Waals surface area contributed by atoms with Crippen molar-refractivity contribution in [2.24, 2.45) is 0 Å². The Kier molecular flexibility index (Phi) is 5.94. The van der Waals surface area contributed by atoms with E-state index in [1.807, 2.05) is 6.07 Å². The predicted octanol–water partition coefficient (Wildman–Crippen LogP) is 3.64. The van der Waals surface area contributed by atoms with Crippen LogP contribution in [-0.2, 0) is 17.9 Å². The molecule has 0 radical (unpaired) electrons. The molecule has 0 bridgehead atoms. The highest BCUT2D eigenvalue weighted by molar-refractivity contribution is 6.31. The summed E-state index contributed by atoms with van der Waals surface area (Å²) in [6, 6.07) is 11.3. The van der Waals surface area contributed by atoms with Gasteiger partial charge in [-0.15, -0.1) is 0 Å². The number of halogens is 1. The summed E-state index contributed by atoms with van der Waals surface area (Å²) in [4.78, 5) is 38.3. The molecule has 1 aliphatic heterocycles. The number of carbonyl (C=O) groups is 2. The average molecular weight is 402 g/mol. The SMILES string of the molecule is CN(Cc1cc([N+](=O)[O-])ccc1Cl)C(=O)c1cccc(CN2CCCC2=O)c1. The number of carbonyl (C=O) groups excluding carboxylic acids is 2. The summed E-state index contributed by atoms with van der Waals surface area (Å²) in [6.07, 6.45) is 1.44. The van der Waals surface area contributed by atoms with E-state index >= 15 is 0 Å². The van der Waals surface area contributed by atoms with Crippen LogP contribution in [0.2, 0.25) is 5.02 Å². The molecule has 2 aromatic rings. The molecule has 3 rings (SSSR count). The lowest BCUT2D eigenvalue weighted by atomic mass is 10.1. The van der Waals surface area contributed by atoms with E-state index in [2.05, 4.69) is 0 Å². The third-order valence-electron chi connectivity index (χ3n) is 4.71. The van der Waals surface area contributed by atoms with Crippen molar-refractivity contribution in [1.82, 2.24) is 9.80 Å². The highest BCUT2D eigenvalue weighted by Crippen LogP contribution is 2.24. The first-order chi connectivity index (χ1) is 13.3. The molecule has 7 nitrogen and oxygen atoms in total. The quantitative estimate of drug-likeness (QED) is 0.546. The van der Waals surface area contributed by atoms with E-state index in [-0.39, 0.29) is 24.0 Å². The third kappa shape index (κ3) is 4.48. The summed E-state index contributed by atoms with van der Waals surface area (Å²) in [6.45, 7) is 1.37. The van der Waals surface area contributed by atoms with Crippen LogP contribution in [0.25, 0.3) is 0 Å². The molecule has 0 N–H and O–H groups in total. The molecular weight excluding hydrogens is 382 g/mol. The van der Waals surface area contributed by atoms with Gasteiger partial charge in [0.2, 0.25) is 5.91 Å². The van der Waals surface area contributed by atoms with Crippen molar-refractivity contribution in [3.05, 3.63) is 74.3 Å². The highest BCUT2D eigenvalue weighted by Gasteiger charge is 2.21. The standard InChI is InChI=1S/C20H20ClN3O4/c1-22(13-16-11-17(24(27)28)7-8-18(16)21)20(26)15-5-2-4-14(10-15)12-23-9-3-6-19(23)25/h2,4-5,7-8,10-11H,3,6,9,12-13H2,1H3. The molecule has 2 aromatic carbocycles. The molecule has 0 saturated carbocycles. The molecule has 2 amide bonds. The first kappa shape index (κ1) is 19.8. The molecule has 0 atom stereocenters. The molecular formula is C20H20ClN3O4. The Morgan fingerprint density at radius 3 is 2.75 bits per heavy atom. The topological polar surface area (TPSA) is 83.8 Å². The maximum Gasteiger partial charge on any atom is 0.269 e. The number of rotatable bonds is 6. The van der Waals surface area contributed by atoms with Gasteiger partial charge in [0, 0.05) is 55.8 Å². The number of nitro benzene ring substituents is 1. The second kappa shape index (κ2) is 8.39. The molecule has 28 heavy (non-hydrogen) atoms. The summed E-state index contributed by atoms with van der Waals surface area (Å²) in [5, 5.41) is 11.3. The van der Waals surface area contributed by atoms with Gasteiger partial charge in [0.05, 0.1) is 4.92 Å². The van der Waals surface area contributed by atoms with E-state index in [1.165, 1.54) is 23.1 Å². The minimum atomic E-state index is -0.495. The number of amides is 2. The van der Waals surface area contributed by atoms with Gasteiger partial charge in [0.15, 0.2) is 0 Å². The first-order valence-corrected chi connectivity index (χ1v) is 9.28. The van der Waals surface area contributed by atoms with Crippen LogP contribution in [-0.4, -0.2) is 40.1 Å². The second-order valence-electron chi connectivity index (χ2n) is 6.81. The zero-order chi connectivity index (χ0) is 20.3. The fourth-order valence-corrected chi connectivity index (χ4v) is 3.42. The Bertz CT molecular complexity index is 931. The lowest BCUT2D eigenvalue weighted by Crippen LogP contribution is -2.27. The van der Waals surface area contributed by atoms with Crippen molar-refractivity contribution in [2.45, 2.75) is 25.9 Å². The second-order valence-corrected chi connectivity index (χ2v) is 7.22. The number of hydrogen-bond donors (Lipinski definition) is 0. The van der Waals surface area contributed by atoms with Gasteiger partial charge in [-0.1, -0.05) is 23.7 Å². The number of nitro groups is 1. The maximum absolute atomic E-state index is 12.8. The van der Waals surface area contributed by atoms with Crippen molar-refractivity contribution in [3.63, 3.8) is 0 Å². The van der Waals surface area contributed by atoms with Crippen molar-refractivity contribution >= 4 is 29.1 Å². The summed E-state index contributed by atoms with van der Waals surface area (Å²) in [5.41, 5.74) is 1.82. The Hall–Kier alpha value is -2.93. The Labute approximate surface area is 167 Å². The zero-order valence-electron chi connectivity index (χ0n) is 15.4. The van der Waals surface area contributed by atoms with Crippen molar-refractivity contribution in [2.75, 3.05) is 13.6 Å². The van der Waals surface area contributed by atoms with Gasteiger partial charge in [-0.05, 0) is 35.7 Å². The molecule has 8 heteroatoms. The molecule has 1 fully saturated rings. The van der Waals surface area contributed by atoms with E-state index in [4.69, 9.17) is 11.6 Å². The average Bonchev–Trinajstić information content (AvgIpc) is 3.07. The van der Waals surface area contributed by atoms with Gasteiger partial charge in [-0.25, -0.2) is 0 Å². The van der Waals surface area contributed by atoms with Gasteiger partial charge in [0.25, 0.3) is 11.6 Å². The van der Waals surface area contributed by atoms with E-state index in [1.54, 1.807) is 30.1 Å². The van der Waals surface area contributed by atoms with Crippen LogP contribution in [0.5, 0.6) is 0 Å². The molecule has 0 aromatic heterocycles. The van der Waals surface area contributed by atoms with Gasteiger partial charge < -0.3 is 9.80 Å². The summed E-state index contributed by atoms with van der Waals surface area (Å²) >= 11 is 6.13. The lowest BCUT2D eigenvalue weighted by Gasteiger charge is -2.19. The normalized spacial score (nSPS) is 13.6. The monoisotopic (exact) mass is 401 g/mol. The molecule has 146 valence electrons. The Balaban J connectivity index is 1.73. The highest BCUT2D eigenvalue weighted by atomic mass is 35.5. The van der Waals surface area contributed by atoms with Crippen molar-refractivity contribution in [3.8, 4) is 0 Å². The molecule has 0 unspecified atom stereocenters. The van der Waals surface area contributed by atoms with E-state index < -0.39 is 4.92 Å². The summed E-state index contributed by atoms with van der Waals surface area (Å²) in [5.74, 6) is -0.0914. The lowest BCUT2D eigenvalue weighted by molar-refractivity contribution is -0.384. The Morgan fingerprint density at radius 2 is 2.07 bits per heavy atom. The van der Waals surface area contributed by atoms with E-state index in [0.29, 0.717) is 29.1 Å². The van der Waals surface area contributed by atoms with E-state index in [9.17, 15) is 19.7 Å². The molecule has 1 aliphatic rings. The number of non-ortho nitro benzene ring substituents is 1. The van der Waals surface area contributed by atoms with Gasteiger partial charge in [0.1, 0.15) is 0 Å². The van der Waals surface area contributed by atoms with Gasteiger partial charge in [-0.3, -0.25) is 19.7 Å². The van der Waals surface area contributed by atoms with Crippen LogP contribution in [0.15, 0.2) is 42.5 Å². The third-order valence-corrected chi connectivity index (χ3v) is 5.08. The number of likely N-dealkylation sites (tertiary alicyclic amines) is 1.